The van der Waals surface area contributed by atoms with E-state index in [-0.39, 0.29) is 23.0 Å². The average molecular weight is 328 g/mol. The molecule has 2 N–H and O–H groups in total. The third-order valence-electron chi connectivity index (χ3n) is 4.68. The molecule has 1 fully saturated rings. The Morgan fingerprint density at radius 1 is 1.21 bits per heavy atom. The summed E-state index contributed by atoms with van der Waals surface area (Å²) in [4.78, 5) is 17.5. The lowest BCUT2D eigenvalue weighted by Crippen LogP contribution is -2.62. The van der Waals surface area contributed by atoms with Crippen LogP contribution in [0.5, 0.6) is 0 Å². The first kappa shape index (κ1) is 17.0. The second kappa shape index (κ2) is 5.59. The van der Waals surface area contributed by atoms with E-state index in [0.717, 1.165) is 29.7 Å². The first-order chi connectivity index (χ1) is 11.1. The quantitative estimate of drug-likeness (QED) is 0.891. The molecule has 2 aromatic rings. The molecule has 2 aromatic heterocycles. The van der Waals surface area contributed by atoms with Crippen LogP contribution in [0.2, 0.25) is 0 Å². The number of hydrogen-bond acceptors (Lipinski definition) is 3. The zero-order chi connectivity index (χ0) is 17.7. The zero-order valence-electron chi connectivity index (χ0n) is 15.5. The van der Waals surface area contributed by atoms with Crippen LogP contribution in [0, 0.1) is 13.8 Å². The first-order valence-electron chi connectivity index (χ1n) is 8.62. The van der Waals surface area contributed by atoms with Gasteiger partial charge in [-0.15, -0.1) is 0 Å². The first-order valence-corrected chi connectivity index (χ1v) is 8.62. The van der Waals surface area contributed by atoms with E-state index in [2.05, 4.69) is 43.3 Å². The van der Waals surface area contributed by atoms with Gasteiger partial charge in [0.25, 0.3) is 5.91 Å². The number of piperidine rings is 1. The Morgan fingerprint density at radius 3 is 2.46 bits per heavy atom. The predicted molar refractivity (Wildman–Crippen MR) is 96.4 cm³/mol. The molecule has 1 aliphatic heterocycles. The molecule has 24 heavy (non-hydrogen) atoms. The van der Waals surface area contributed by atoms with Gasteiger partial charge in [-0.1, -0.05) is 6.07 Å². The summed E-state index contributed by atoms with van der Waals surface area (Å²) in [6, 6.07) is 4.12. The van der Waals surface area contributed by atoms with Crippen molar-refractivity contribution in [2.24, 2.45) is 0 Å². The Kier molecular flexibility index (Phi) is 3.95. The number of hydrogen-bond donors (Lipinski definition) is 2. The fourth-order valence-electron chi connectivity index (χ4n) is 4.22. The van der Waals surface area contributed by atoms with Crippen LogP contribution in [0.4, 0.5) is 0 Å². The molecule has 3 rings (SSSR count). The second-order valence-electron chi connectivity index (χ2n) is 8.45. The minimum Gasteiger partial charge on any atom is -0.348 e. The van der Waals surface area contributed by atoms with Crippen molar-refractivity contribution >= 4 is 11.6 Å². The molecule has 1 saturated heterocycles. The van der Waals surface area contributed by atoms with Crippen LogP contribution in [0.15, 0.2) is 18.3 Å². The Labute approximate surface area is 143 Å². The Bertz CT molecular complexity index is 772. The number of imidazole rings is 1. The Balaban J connectivity index is 1.88. The van der Waals surface area contributed by atoms with Gasteiger partial charge in [0.05, 0.1) is 5.69 Å². The molecular formula is C19H28N4O. The van der Waals surface area contributed by atoms with Gasteiger partial charge in [-0.2, -0.15) is 0 Å². The Hall–Kier alpha value is -1.88. The van der Waals surface area contributed by atoms with Gasteiger partial charge in [0, 0.05) is 23.3 Å². The molecule has 0 spiro atoms. The van der Waals surface area contributed by atoms with Crippen molar-refractivity contribution < 1.29 is 4.79 Å². The summed E-state index contributed by atoms with van der Waals surface area (Å²) in [5.74, 6) is -0.0379. The van der Waals surface area contributed by atoms with Gasteiger partial charge in [0.2, 0.25) is 0 Å². The minimum atomic E-state index is -0.0379. The second-order valence-corrected chi connectivity index (χ2v) is 8.45. The molecule has 1 amide bonds. The van der Waals surface area contributed by atoms with Gasteiger partial charge in [0.15, 0.2) is 0 Å². The van der Waals surface area contributed by atoms with Crippen LogP contribution >= 0.6 is 0 Å². The minimum absolute atomic E-state index is 0.00477. The summed E-state index contributed by atoms with van der Waals surface area (Å²) in [5.41, 5.74) is 3.34. The van der Waals surface area contributed by atoms with E-state index in [4.69, 9.17) is 0 Å². The number of rotatable bonds is 2. The molecule has 0 unspecified atom stereocenters. The van der Waals surface area contributed by atoms with Crippen molar-refractivity contribution in [1.82, 2.24) is 20.0 Å². The molecule has 1 aliphatic rings. The smallest absolute Gasteiger partial charge is 0.270 e. The standard InChI is InChI=1S/C19H28N4O/c1-12-7-8-15-20-13(2)16(23(15)11-12)17(24)21-14-9-18(3,4)22-19(5,6)10-14/h7-8,11,14,22H,9-10H2,1-6H3,(H,21,24). The van der Waals surface area contributed by atoms with Crippen molar-refractivity contribution in [2.75, 3.05) is 0 Å². The molecule has 5 nitrogen and oxygen atoms in total. The normalized spacial score (nSPS) is 20.2. The van der Waals surface area contributed by atoms with E-state index in [1.807, 2.05) is 36.6 Å². The van der Waals surface area contributed by atoms with Crippen LogP contribution in [0.1, 0.15) is 62.3 Å². The maximum Gasteiger partial charge on any atom is 0.270 e. The fraction of sp³-hybridized carbons (Fsp3) is 0.579. The zero-order valence-corrected chi connectivity index (χ0v) is 15.5. The molecule has 5 heteroatoms. The van der Waals surface area contributed by atoms with Crippen molar-refractivity contribution in [3.05, 3.63) is 35.3 Å². The summed E-state index contributed by atoms with van der Waals surface area (Å²) >= 11 is 0. The highest BCUT2D eigenvalue weighted by molar-refractivity contribution is 5.94. The lowest BCUT2D eigenvalue weighted by Gasteiger charge is -2.46. The molecule has 0 bridgehead atoms. The maximum atomic E-state index is 12.9. The van der Waals surface area contributed by atoms with Crippen LogP contribution in [0.3, 0.4) is 0 Å². The van der Waals surface area contributed by atoms with E-state index < -0.39 is 0 Å². The van der Waals surface area contributed by atoms with Crippen LogP contribution < -0.4 is 10.6 Å². The summed E-state index contributed by atoms with van der Waals surface area (Å²) < 4.78 is 1.90. The van der Waals surface area contributed by atoms with E-state index in [1.54, 1.807) is 0 Å². The van der Waals surface area contributed by atoms with Crippen LogP contribution in [-0.2, 0) is 0 Å². The van der Waals surface area contributed by atoms with Crippen molar-refractivity contribution in [2.45, 2.75) is 71.5 Å². The van der Waals surface area contributed by atoms with E-state index in [0.29, 0.717) is 5.69 Å². The highest BCUT2D eigenvalue weighted by atomic mass is 16.2. The third-order valence-corrected chi connectivity index (χ3v) is 4.68. The van der Waals surface area contributed by atoms with Gasteiger partial charge in [-0.05, 0) is 66.0 Å². The number of amides is 1. The largest absolute Gasteiger partial charge is 0.348 e. The predicted octanol–water partition coefficient (Wildman–Crippen LogP) is 2.99. The monoisotopic (exact) mass is 328 g/mol. The van der Waals surface area contributed by atoms with Gasteiger partial charge < -0.3 is 10.6 Å². The lowest BCUT2D eigenvalue weighted by atomic mass is 9.79. The number of nitrogens with zero attached hydrogens (tertiary/aromatic N) is 2. The SMILES string of the molecule is Cc1ccc2nc(C)c(C(=O)NC3CC(C)(C)NC(C)(C)C3)n2c1. The molecule has 130 valence electrons. The molecule has 0 aliphatic carbocycles. The van der Waals surface area contributed by atoms with E-state index >= 15 is 0 Å². The highest BCUT2D eigenvalue weighted by Crippen LogP contribution is 2.28. The van der Waals surface area contributed by atoms with Crippen molar-refractivity contribution in [3.63, 3.8) is 0 Å². The molecule has 0 saturated carbocycles. The Morgan fingerprint density at radius 2 is 1.83 bits per heavy atom. The number of carbonyl (C=O) groups excluding carboxylic acids is 1. The van der Waals surface area contributed by atoms with Gasteiger partial charge >= 0.3 is 0 Å². The van der Waals surface area contributed by atoms with Crippen molar-refractivity contribution in [1.29, 1.82) is 0 Å². The fourth-order valence-corrected chi connectivity index (χ4v) is 4.22. The number of fused-ring (bicyclic) bond motifs is 1. The molecular weight excluding hydrogens is 300 g/mol. The molecule has 0 atom stereocenters. The molecule has 0 aromatic carbocycles. The number of pyridine rings is 1. The molecule has 3 heterocycles. The number of nitrogens with one attached hydrogen (secondary N) is 2. The summed E-state index contributed by atoms with van der Waals surface area (Å²) in [5, 5.41) is 6.89. The maximum absolute atomic E-state index is 12.9. The number of aromatic nitrogens is 2. The van der Waals surface area contributed by atoms with Gasteiger partial charge in [-0.25, -0.2) is 4.98 Å². The van der Waals surface area contributed by atoms with Crippen LogP contribution in [0.25, 0.3) is 5.65 Å². The van der Waals surface area contributed by atoms with Gasteiger partial charge in [-0.3, -0.25) is 9.20 Å². The van der Waals surface area contributed by atoms with Crippen LogP contribution in [-0.4, -0.2) is 32.4 Å². The van der Waals surface area contributed by atoms with E-state index in [9.17, 15) is 4.79 Å². The summed E-state index contributed by atoms with van der Waals surface area (Å²) in [7, 11) is 0. The summed E-state index contributed by atoms with van der Waals surface area (Å²) in [6.45, 7) is 12.7. The number of carbonyl (C=O) groups is 1. The third kappa shape index (κ3) is 3.31. The molecule has 0 radical (unpaired) electrons. The number of aryl methyl sites for hydroxylation is 2. The summed E-state index contributed by atoms with van der Waals surface area (Å²) in [6.07, 6.45) is 3.80. The highest BCUT2D eigenvalue weighted by Gasteiger charge is 2.38. The average Bonchev–Trinajstić information content (AvgIpc) is 2.69. The topological polar surface area (TPSA) is 58.4 Å². The van der Waals surface area contributed by atoms with E-state index in [1.165, 1.54) is 0 Å². The van der Waals surface area contributed by atoms with Crippen molar-refractivity contribution in [3.8, 4) is 0 Å². The van der Waals surface area contributed by atoms with Gasteiger partial charge in [0.1, 0.15) is 11.3 Å². The lowest BCUT2D eigenvalue weighted by molar-refractivity contribution is 0.0867.